The zero-order valence-corrected chi connectivity index (χ0v) is 10.8. The van der Waals surface area contributed by atoms with E-state index >= 15 is 0 Å². The van der Waals surface area contributed by atoms with Crippen molar-refractivity contribution in [2.45, 2.75) is 18.9 Å². The molecule has 7 nitrogen and oxygen atoms in total. The van der Waals surface area contributed by atoms with Gasteiger partial charge in [-0.15, -0.1) is 0 Å². The summed E-state index contributed by atoms with van der Waals surface area (Å²) in [6.07, 6.45) is 1.00. The van der Waals surface area contributed by atoms with Crippen LogP contribution in [0.1, 0.15) is 12.8 Å². The van der Waals surface area contributed by atoms with Crippen LogP contribution in [0.25, 0.3) is 0 Å². The zero-order chi connectivity index (χ0) is 13.7. The van der Waals surface area contributed by atoms with Crippen molar-refractivity contribution in [3.8, 4) is 0 Å². The molecule has 2 rings (SSSR count). The number of amides is 2. The number of morpholine rings is 1. The zero-order valence-electron chi connectivity index (χ0n) is 10.8. The van der Waals surface area contributed by atoms with E-state index < -0.39 is 12.1 Å². The molecule has 19 heavy (non-hydrogen) atoms. The average Bonchev–Trinajstić information content (AvgIpc) is 2.46. The van der Waals surface area contributed by atoms with Gasteiger partial charge in [-0.1, -0.05) is 0 Å². The summed E-state index contributed by atoms with van der Waals surface area (Å²) >= 11 is 0. The van der Waals surface area contributed by atoms with Crippen LogP contribution in [0.2, 0.25) is 0 Å². The first kappa shape index (κ1) is 14.1. The van der Waals surface area contributed by atoms with E-state index in [1.54, 1.807) is 0 Å². The molecule has 7 heteroatoms. The Balaban J connectivity index is 1.74. The number of nitrogens with zero attached hydrogens (tertiary/aromatic N) is 1. The molecular formula is C12H20N2O5. The summed E-state index contributed by atoms with van der Waals surface area (Å²) in [7, 11) is 0. The van der Waals surface area contributed by atoms with E-state index in [-0.39, 0.29) is 19.2 Å². The highest BCUT2D eigenvalue weighted by Gasteiger charge is 2.29. The highest BCUT2D eigenvalue weighted by Crippen LogP contribution is 2.13. The molecule has 2 fully saturated rings. The van der Waals surface area contributed by atoms with Crippen molar-refractivity contribution < 1.29 is 24.2 Å². The fraction of sp³-hybridized carbons (Fsp3) is 0.833. The van der Waals surface area contributed by atoms with Crippen molar-refractivity contribution in [2.75, 3.05) is 39.5 Å². The molecule has 108 valence electrons. The number of carbonyl (C=O) groups excluding carboxylic acids is 1. The van der Waals surface area contributed by atoms with Gasteiger partial charge in [0.05, 0.1) is 13.2 Å². The van der Waals surface area contributed by atoms with Gasteiger partial charge < -0.3 is 24.8 Å². The number of hydrogen-bond donors (Lipinski definition) is 2. The Hall–Kier alpha value is -1.34. The fourth-order valence-electron chi connectivity index (χ4n) is 2.28. The van der Waals surface area contributed by atoms with Gasteiger partial charge in [0.1, 0.15) is 0 Å². The number of carboxylic acid groups (broad SMARTS) is 1. The van der Waals surface area contributed by atoms with E-state index in [0.717, 1.165) is 26.1 Å². The van der Waals surface area contributed by atoms with Gasteiger partial charge in [0.25, 0.3) is 0 Å². The topological polar surface area (TPSA) is 88.1 Å². The van der Waals surface area contributed by atoms with Crippen LogP contribution in [-0.2, 0) is 14.3 Å². The summed E-state index contributed by atoms with van der Waals surface area (Å²) in [5.41, 5.74) is 0. The van der Waals surface area contributed by atoms with Gasteiger partial charge in [-0.25, -0.2) is 9.59 Å². The summed E-state index contributed by atoms with van der Waals surface area (Å²) in [4.78, 5) is 24.3. The summed E-state index contributed by atoms with van der Waals surface area (Å²) in [5, 5.41) is 11.7. The highest BCUT2D eigenvalue weighted by molar-refractivity contribution is 5.77. The minimum Gasteiger partial charge on any atom is -0.479 e. The van der Waals surface area contributed by atoms with Gasteiger partial charge in [-0.05, 0) is 18.8 Å². The number of ether oxygens (including phenoxy) is 2. The third-order valence-electron chi connectivity index (χ3n) is 3.51. The first-order chi connectivity index (χ1) is 9.16. The molecule has 2 aliphatic rings. The van der Waals surface area contributed by atoms with Crippen LogP contribution in [0, 0.1) is 5.92 Å². The summed E-state index contributed by atoms with van der Waals surface area (Å²) in [6.45, 7) is 2.93. The van der Waals surface area contributed by atoms with E-state index in [1.807, 2.05) is 0 Å². The third kappa shape index (κ3) is 4.07. The van der Waals surface area contributed by atoms with Gasteiger partial charge in [0.15, 0.2) is 6.10 Å². The molecule has 2 amide bonds. The number of carboxylic acids is 1. The number of hydrogen-bond acceptors (Lipinski definition) is 4. The molecule has 0 aromatic heterocycles. The maximum Gasteiger partial charge on any atom is 0.334 e. The highest BCUT2D eigenvalue weighted by atomic mass is 16.5. The Morgan fingerprint density at radius 3 is 2.68 bits per heavy atom. The largest absolute Gasteiger partial charge is 0.479 e. The van der Waals surface area contributed by atoms with Crippen molar-refractivity contribution >= 4 is 12.0 Å². The van der Waals surface area contributed by atoms with E-state index in [4.69, 9.17) is 14.6 Å². The second kappa shape index (κ2) is 6.72. The summed E-state index contributed by atoms with van der Waals surface area (Å²) in [6, 6.07) is -0.207. The Morgan fingerprint density at radius 2 is 2.00 bits per heavy atom. The SMILES string of the molecule is O=C(O)C1CN(C(=O)NCC2CCOCC2)CCO1. The van der Waals surface area contributed by atoms with Gasteiger partial charge in [-0.3, -0.25) is 0 Å². The molecule has 0 aliphatic carbocycles. The van der Waals surface area contributed by atoms with Crippen LogP contribution < -0.4 is 5.32 Å². The lowest BCUT2D eigenvalue weighted by Crippen LogP contribution is -2.52. The molecular weight excluding hydrogens is 252 g/mol. The van der Waals surface area contributed by atoms with Crippen LogP contribution in [0.3, 0.4) is 0 Å². The first-order valence-corrected chi connectivity index (χ1v) is 6.61. The third-order valence-corrected chi connectivity index (χ3v) is 3.51. The van der Waals surface area contributed by atoms with E-state index in [2.05, 4.69) is 5.32 Å². The van der Waals surface area contributed by atoms with E-state index in [1.165, 1.54) is 4.90 Å². The molecule has 2 heterocycles. The Bertz CT molecular complexity index is 330. The molecule has 0 aromatic rings. The van der Waals surface area contributed by atoms with Crippen molar-refractivity contribution in [2.24, 2.45) is 5.92 Å². The lowest BCUT2D eigenvalue weighted by atomic mass is 10.0. The molecule has 1 atom stereocenters. The second-order valence-corrected chi connectivity index (χ2v) is 4.89. The minimum atomic E-state index is -1.03. The Labute approximate surface area is 111 Å². The standard InChI is InChI=1S/C12H20N2O5/c15-11(16)10-8-14(3-6-19-10)12(17)13-7-9-1-4-18-5-2-9/h9-10H,1-8H2,(H,13,17)(H,15,16). The fourth-order valence-corrected chi connectivity index (χ4v) is 2.28. The predicted octanol–water partition coefficient (Wildman–Crippen LogP) is -0.0920. The van der Waals surface area contributed by atoms with Crippen LogP contribution in [0.5, 0.6) is 0 Å². The van der Waals surface area contributed by atoms with Crippen LogP contribution in [0.4, 0.5) is 4.79 Å². The number of carbonyl (C=O) groups is 2. The van der Waals surface area contributed by atoms with Gasteiger partial charge in [-0.2, -0.15) is 0 Å². The molecule has 0 spiro atoms. The molecule has 0 aromatic carbocycles. The number of aliphatic carboxylic acids is 1. The quantitative estimate of drug-likeness (QED) is 0.749. The first-order valence-electron chi connectivity index (χ1n) is 6.61. The van der Waals surface area contributed by atoms with Gasteiger partial charge in [0, 0.05) is 26.3 Å². The van der Waals surface area contributed by atoms with Gasteiger partial charge in [0.2, 0.25) is 0 Å². The molecule has 0 bridgehead atoms. The molecule has 2 saturated heterocycles. The van der Waals surface area contributed by atoms with Crippen molar-refractivity contribution in [1.29, 1.82) is 0 Å². The van der Waals surface area contributed by atoms with Gasteiger partial charge >= 0.3 is 12.0 Å². The van der Waals surface area contributed by atoms with Crippen LogP contribution >= 0.6 is 0 Å². The average molecular weight is 272 g/mol. The van der Waals surface area contributed by atoms with Crippen molar-refractivity contribution in [1.82, 2.24) is 10.2 Å². The minimum absolute atomic E-state index is 0.106. The smallest absolute Gasteiger partial charge is 0.334 e. The number of nitrogens with one attached hydrogen (secondary N) is 1. The predicted molar refractivity (Wildman–Crippen MR) is 65.9 cm³/mol. The molecule has 1 unspecified atom stereocenters. The van der Waals surface area contributed by atoms with Crippen molar-refractivity contribution in [3.63, 3.8) is 0 Å². The second-order valence-electron chi connectivity index (χ2n) is 4.89. The molecule has 2 aliphatic heterocycles. The Kier molecular flexibility index (Phi) is 4.98. The number of urea groups is 1. The normalized spacial score (nSPS) is 25.1. The van der Waals surface area contributed by atoms with Crippen LogP contribution in [-0.4, -0.2) is 67.6 Å². The lowest BCUT2D eigenvalue weighted by Gasteiger charge is -2.31. The van der Waals surface area contributed by atoms with Crippen LogP contribution in [0.15, 0.2) is 0 Å². The van der Waals surface area contributed by atoms with E-state index in [0.29, 0.717) is 19.0 Å². The maximum absolute atomic E-state index is 11.9. The molecule has 0 saturated carbocycles. The van der Waals surface area contributed by atoms with E-state index in [9.17, 15) is 9.59 Å². The molecule has 2 N–H and O–H groups in total. The lowest BCUT2D eigenvalue weighted by molar-refractivity contribution is -0.154. The monoisotopic (exact) mass is 272 g/mol. The van der Waals surface area contributed by atoms with Crippen molar-refractivity contribution in [3.05, 3.63) is 0 Å². The number of rotatable bonds is 3. The maximum atomic E-state index is 11.9. The molecule has 0 radical (unpaired) electrons. The summed E-state index contributed by atoms with van der Waals surface area (Å²) in [5.74, 6) is -0.573. The Morgan fingerprint density at radius 1 is 1.26 bits per heavy atom. The summed E-state index contributed by atoms with van der Waals surface area (Å²) < 4.78 is 10.3.